The summed E-state index contributed by atoms with van der Waals surface area (Å²) < 4.78 is 12.8. The average molecular weight is 194 g/mol. The van der Waals surface area contributed by atoms with Gasteiger partial charge in [0.25, 0.3) is 0 Å². The first-order valence-electron chi connectivity index (χ1n) is 4.52. The number of hydrogen-bond acceptors (Lipinski definition) is 2. The van der Waals surface area contributed by atoms with Gasteiger partial charge in [0.1, 0.15) is 5.82 Å². The molecule has 0 aliphatic heterocycles. The predicted molar refractivity (Wildman–Crippen MR) is 52.2 cm³/mol. The Morgan fingerprint density at radius 3 is 2.79 bits per heavy atom. The molecule has 0 saturated heterocycles. The predicted octanol–water partition coefficient (Wildman–Crippen LogP) is 1.76. The van der Waals surface area contributed by atoms with Crippen molar-refractivity contribution in [1.82, 2.24) is 0 Å². The van der Waals surface area contributed by atoms with Gasteiger partial charge >= 0.3 is 0 Å². The Balaban J connectivity index is 2.08. The fraction of sp³-hybridized carbons (Fsp3) is 0.300. The first kappa shape index (κ1) is 8.99. The Hall–Kier alpha value is -1.58. The normalized spacial score (nSPS) is 15.2. The van der Waals surface area contributed by atoms with Gasteiger partial charge < -0.3 is 11.1 Å². The summed E-state index contributed by atoms with van der Waals surface area (Å²) in [5, 5.41) is 2.69. The zero-order chi connectivity index (χ0) is 10.1. The first-order chi connectivity index (χ1) is 6.66. The van der Waals surface area contributed by atoms with Crippen LogP contribution in [0.1, 0.15) is 12.8 Å². The zero-order valence-electron chi connectivity index (χ0n) is 7.59. The van der Waals surface area contributed by atoms with Gasteiger partial charge in [0, 0.05) is 11.6 Å². The molecular weight excluding hydrogens is 183 g/mol. The molecule has 1 aromatic carbocycles. The highest BCUT2D eigenvalue weighted by Crippen LogP contribution is 2.30. The summed E-state index contributed by atoms with van der Waals surface area (Å²) in [7, 11) is 0. The van der Waals surface area contributed by atoms with Gasteiger partial charge in [-0.05, 0) is 31.0 Å². The van der Waals surface area contributed by atoms with E-state index in [0.717, 1.165) is 12.8 Å². The van der Waals surface area contributed by atoms with E-state index in [-0.39, 0.29) is 17.5 Å². The Bertz CT molecular complexity index is 374. The number of amides is 1. The number of carbonyl (C=O) groups excluding carboxylic acids is 1. The van der Waals surface area contributed by atoms with Crippen LogP contribution in [0.15, 0.2) is 18.2 Å². The van der Waals surface area contributed by atoms with Crippen molar-refractivity contribution in [3.63, 3.8) is 0 Å². The zero-order valence-corrected chi connectivity index (χ0v) is 7.59. The minimum atomic E-state index is -0.463. The molecule has 0 atom stereocenters. The Morgan fingerprint density at radius 1 is 1.50 bits per heavy atom. The van der Waals surface area contributed by atoms with E-state index in [1.807, 2.05) is 0 Å². The van der Waals surface area contributed by atoms with Crippen molar-refractivity contribution >= 4 is 17.3 Å². The summed E-state index contributed by atoms with van der Waals surface area (Å²) in [6.07, 6.45) is 1.89. The van der Waals surface area contributed by atoms with Gasteiger partial charge in [-0.25, -0.2) is 4.39 Å². The molecule has 14 heavy (non-hydrogen) atoms. The van der Waals surface area contributed by atoms with E-state index in [1.54, 1.807) is 0 Å². The van der Waals surface area contributed by atoms with Crippen molar-refractivity contribution in [3.8, 4) is 0 Å². The van der Waals surface area contributed by atoms with Crippen LogP contribution in [0.2, 0.25) is 0 Å². The second-order valence-corrected chi connectivity index (χ2v) is 3.50. The molecule has 1 saturated carbocycles. The molecule has 0 heterocycles. The summed E-state index contributed by atoms with van der Waals surface area (Å²) in [6.45, 7) is 0. The van der Waals surface area contributed by atoms with Crippen LogP contribution in [-0.2, 0) is 4.79 Å². The molecule has 3 N–H and O–H groups in total. The molecule has 0 aromatic heterocycles. The monoisotopic (exact) mass is 194 g/mol. The summed E-state index contributed by atoms with van der Waals surface area (Å²) in [4.78, 5) is 11.3. The number of nitrogens with two attached hydrogens (primary N) is 1. The maximum Gasteiger partial charge on any atom is 0.227 e. The fourth-order valence-corrected chi connectivity index (χ4v) is 1.21. The molecule has 3 nitrogen and oxygen atoms in total. The van der Waals surface area contributed by atoms with Gasteiger partial charge in [-0.15, -0.1) is 0 Å². The van der Waals surface area contributed by atoms with Crippen molar-refractivity contribution in [2.45, 2.75) is 12.8 Å². The Morgan fingerprint density at radius 2 is 2.21 bits per heavy atom. The number of nitrogen functional groups attached to an aromatic ring is 1. The number of nitrogens with one attached hydrogen (secondary N) is 1. The van der Waals surface area contributed by atoms with E-state index in [4.69, 9.17) is 5.73 Å². The molecule has 1 amide bonds. The van der Waals surface area contributed by atoms with Crippen LogP contribution in [0, 0.1) is 11.7 Å². The summed E-state index contributed by atoms with van der Waals surface area (Å²) >= 11 is 0. The van der Waals surface area contributed by atoms with E-state index in [1.165, 1.54) is 18.2 Å². The number of anilines is 2. The van der Waals surface area contributed by atoms with E-state index in [9.17, 15) is 9.18 Å². The fourth-order valence-electron chi connectivity index (χ4n) is 1.21. The van der Waals surface area contributed by atoms with Gasteiger partial charge in [-0.3, -0.25) is 4.79 Å². The molecule has 2 rings (SSSR count). The number of rotatable bonds is 2. The van der Waals surface area contributed by atoms with Crippen LogP contribution >= 0.6 is 0 Å². The van der Waals surface area contributed by atoms with Crippen molar-refractivity contribution in [2.75, 3.05) is 11.1 Å². The number of hydrogen-bond donors (Lipinski definition) is 2. The van der Waals surface area contributed by atoms with E-state index < -0.39 is 5.82 Å². The number of benzene rings is 1. The maximum absolute atomic E-state index is 12.8. The van der Waals surface area contributed by atoms with Crippen LogP contribution in [0.25, 0.3) is 0 Å². The van der Waals surface area contributed by atoms with Crippen LogP contribution in [-0.4, -0.2) is 5.91 Å². The van der Waals surface area contributed by atoms with E-state index in [2.05, 4.69) is 5.32 Å². The third kappa shape index (κ3) is 1.84. The summed E-state index contributed by atoms with van der Waals surface area (Å²) in [6, 6.07) is 4.18. The molecule has 0 bridgehead atoms. The minimum Gasteiger partial charge on any atom is -0.396 e. The highest BCUT2D eigenvalue weighted by molar-refractivity contribution is 5.94. The molecule has 0 spiro atoms. The average Bonchev–Trinajstić information content (AvgIpc) is 2.94. The molecule has 0 radical (unpaired) electrons. The lowest BCUT2D eigenvalue weighted by Crippen LogP contribution is -2.13. The van der Waals surface area contributed by atoms with Crippen LogP contribution in [0.4, 0.5) is 15.8 Å². The number of halogens is 1. The minimum absolute atomic E-state index is 0.00370. The smallest absolute Gasteiger partial charge is 0.227 e. The lowest BCUT2D eigenvalue weighted by molar-refractivity contribution is -0.117. The summed E-state index contributed by atoms with van der Waals surface area (Å²) in [5.41, 5.74) is 5.97. The standard InChI is InChI=1S/C10H11FN2O/c11-8-4-3-7(5-9(8)12)13-10(14)6-1-2-6/h3-6H,1-2,12H2,(H,13,14). The van der Waals surface area contributed by atoms with Gasteiger partial charge in [0.15, 0.2) is 0 Å². The molecule has 1 fully saturated rings. The Kier molecular flexibility index (Phi) is 2.11. The first-order valence-corrected chi connectivity index (χ1v) is 4.52. The molecule has 1 aromatic rings. The van der Waals surface area contributed by atoms with Gasteiger partial charge in [-0.2, -0.15) is 0 Å². The third-order valence-corrected chi connectivity index (χ3v) is 2.21. The van der Waals surface area contributed by atoms with Crippen LogP contribution in [0.5, 0.6) is 0 Å². The SMILES string of the molecule is Nc1cc(NC(=O)C2CC2)ccc1F. The molecule has 1 aliphatic carbocycles. The molecule has 1 aliphatic rings. The molecular formula is C10H11FN2O. The van der Waals surface area contributed by atoms with Gasteiger partial charge in [0.2, 0.25) is 5.91 Å². The second kappa shape index (κ2) is 3.29. The van der Waals surface area contributed by atoms with E-state index in [0.29, 0.717) is 5.69 Å². The van der Waals surface area contributed by atoms with Crippen LogP contribution in [0.3, 0.4) is 0 Å². The topological polar surface area (TPSA) is 55.1 Å². The lowest BCUT2D eigenvalue weighted by Gasteiger charge is -2.05. The summed E-state index contributed by atoms with van der Waals surface area (Å²) in [5.74, 6) is -0.327. The lowest BCUT2D eigenvalue weighted by atomic mass is 10.2. The highest BCUT2D eigenvalue weighted by atomic mass is 19.1. The van der Waals surface area contributed by atoms with Gasteiger partial charge in [0.05, 0.1) is 5.69 Å². The second-order valence-electron chi connectivity index (χ2n) is 3.50. The Labute approximate surface area is 81.1 Å². The molecule has 74 valence electrons. The quantitative estimate of drug-likeness (QED) is 0.705. The van der Waals surface area contributed by atoms with Crippen molar-refractivity contribution < 1.29 is 9.18 Å². The van der Waals surface area contributed by atoms with Crippen molar-refractivity contribution in [1.29, 1.82) is 0 Å². The molecule has 4 heteroatoms. The molecule has 0 unspecified atom stereocenters. The third-order valence-electron chi connectivity index (χ3n) is 2.21. The highest BCUT2D eigenvalue weighted by Gasteiger charge is 2.29. The van der Waals surface area contributed by atoms with Crippen molar-refractivity contribution in [2.24, 2.45) is 5.92 Å². The maximum atomic E-state index is 12.8. The van der Waals surface area contributed by atoms with Crippen molar-refractivity contribution in [3.05, 3.63) is 24.0 Å². The van der Waals surface area contributed by atoms with E-state index >= 15 is 0 Å². The van der Waals surface area contributed by atoms with Crippen LogP contribution < -0.4 is 11.1 Å². The number of carbonyl (C=O) groups is 1. The van der Waals surface area contributed by atoms with Gasteiger partial charge in [-0.1, -0.05) is 0 Å². The largest absolute Gasteiger partial charge is 0.396 e.